The van der Waals surface area contributed by atoms with Crippen LogP contribution in [-0.2, 0) is 38.1 Å². The average Bonchev–Trinajstić information content (AvgIpc) is 3.30. The molecule has 4 aliphatic rings. The molecule has 2 heterocycles. The van der Waals surface area contributed by atoms with E-state index in [9.17, 15) is 14.4 Å². The molecule has 0 aromatic carbocycles. The number of nitrogens with zero attached hydrogens (tertiary/aromatic N) is 1. The fourth-order valence-corrected chi connectivity index (χ4v) is 5.11. The van der Waals surface area contributed by atoms with E-state index in [1.165, 1.54) is 7.11 Å². The van der Waals surface area contributed by atoms with Crippen molar-refractivity contribution in [1.82, 2.24) is 4.90 Å². The third kappa shape index (κ3) is 3.40. The molecule has 0 aromatic heterocycles. The topological polar surface area (TPSA) is 101 Å². The van der Waals surface area contributed by atoms with Crippen LogP contribution in [0.4, 0.5) is 0 Å². The molecule has 0 spiro atoms. The average molecular weight is 397 g/mol. The molecule has 0 N–H and O–H groups in total. The number of ether oxygens (including phenoxy) is 5. The Balaban J connectivity index is 1.43. The van der Waals surface area contributed by atoms with E-state index in [4.69, 9.17) is 23.7 Å². The standard InChI is InChI=1S/C19H27NO8/c1-3-13(24-2)27-18(22)14-10-8-11-15(14)19(23)28-17(11)16(10)26-12(21)9-20-4-6-25-7-5-20/h10-11,13-17H,3-9H2,1-2H3. The van der Waals surface area contributed by atoms with Gasteiger partial charge in [-0.1, -0.05) is 6.92 Å². The maximum Gasteiger partial charge on any atom is 0.320 e. The Hall–Kier alpha value is -1.71. The number of carbonyl (C=O) groups excluding carboxylic acids is 3. The molecule has 9 heteroatoms. The van der Waals surface area contributed by atoms with Gasteiger partial charge >= 0.3 is 17.9 Å². The molecular formula is C19H27NO8. The molecule has 2 saturated heterocycles. The summed E-state index contributed by atoms with van der Waals surface area (Å²) in [6.45, 7) is 4.55. The van der Waals surface area contributed by atoms with Crippen molar-refractivity contribution in [2.75, 3.05) is 40.0 Å². The number of hydrogen-bond donors (Lipinski definition) is 0. The first-order valence-corrected chi connectivity index (χ1v) is 9.96. The molecule has 7 unspecified atom stereocenters. The molecule has 0 aromatic rings. The van der Waals surface area contributed by atoms with Gasteiger partial charge in [0.05, 0.1) is 31.6 Å². The summed E-state index contributed by atoms with van der Waals surface area (Å²) in [4.78, 5) is 39.6. The zero-order valence-corrected chi connectivity index (χ0v) is 16.2. The van der Waals surface area contributed by atoms with Crippen molar-refractivity contribution >= 4 is 17.9 Å². The highest BCUT2D eigenvalue weighted by Gasteiger charge is 2.70. The molecule has 2 saturated carbocycles. The second kappa shape index (κ2) is 7.96. The van der Waals surface area contributed by atoms with Crippen LogP contribution in [0.3, 0.4) is 0 Å². The van der Waals surface area contributed by atoms with Crippen LogP contribution in [-0.4, -0.2) is 81.3 Å². The van der Waals surface area contributed by atoms with Crippen molar-refractivity contribution in [2.45, 2.75) is 38.3 Å². The summed E-state index contributed by atoms with van der Waals surface area (Å²) in [5, 5.41) is 0. The van der Waals surface area contributed by atoms with E-state index in [1.807, 2.05) is 11.8 Å². The summed E-state index contributed by atoms with van der Waals surface area (Å²) in [7, 11) is 1.47. The van der Waals surface area contributed by atoms with E-state index in [0.29, 0.717) is 39.1 Å². The predicted molar refractivity (Wildman–Crippen MR) is 92.8 cm³/mol. The van der Waals surface area contributed by atoms with Crippen molar-refractivity contribution < 1.29 is 38.1 Å². The first kappa shape index (κ1) is 19.6. The lowest BCUT2D eigenvalue weighted by molar-refractivity contribution is -0.186. The molecule has 2 aliphatic heterocycles. The second-order valence-electron chi connectivity index (χ2n) is 7.87. The van der Waals surface area contributed by atoms with Crippen LogP contribution in [0.5, 0.6) is 0 Å². The van der Waals surface area contributed by atoms with Gasteiger partial charge in [0.15, 0.2) is 0 Å². The fraction of sp³-hybridized carbons (Fsp3) is 0.842. The Morgan fingerprint density at radius 1 is 1.25 bits per heavy atom. The third-order valence-electron chi connectivity index (χ3n) is 6.39. The Morgan fingerprint density at radius 2 is 2.00 bits per heavy atom. The molecule has 2 bridgehead atoms. The van der Waals surface area contributed by atoms with Crippen LogP contribution in [0.2, 0.25) is 0 Å². The summed E-state index contributed by atoms with van der Waals surface area (Å²) in [6, 6.07) is 0. The highest BCUT2D eigenvalue weighted by atomic mass is 16.7. The van der Waals surface area contributed by atoms with E-state index >= 15 is 0 Å². The molecule has 0 radical (unpaired) electrons. The summed E-state index contributed by atoms with van der Waals surface area (Å²) in [6.07, 6.45) is -0.563. The van der Waals surface area contributed by atoms with Crippen molar-refractivity contribution in [3.63, 3.8) is 0 Å². The lowest BCUT2D eigenvalue weighted by atomic mass is 9.78. The number of fused-ring (bicyclic) bond motifs is 1. The smallest absolute Gasteiger partial charge is 0.320 e. The lowest BCUT2D eigenvalue weighted by Crippen LogP contribution is -2.46. The van der Waals surface area contributed by atoms with Crippen LogP contribution >= 0.6 is 0 Å². The largest absolute Gasteiger partial charge is 0.458 e. The summed E-state index contributed by atoms with van der Waals surface area (Å²) in [5.74, 6) is -2.75. The normalized spacial score (nSPS) is 37.6. The second-order valence-corrected chi connectivity index (χ2v) is 7.87. The number of hydrogen-bond acceptors (Lipinski definition) is 9. The van der Waals surface area contributed by atoms with Crippen LogP contribution in [0.25, 0.3) is 0 Å². The van der Waals surface area contributed by atoms with Crippen LogP contribution in [0.15, 0.2) is 0 Å². The summed E-state index contributed by atoms with van der Waals surface area (Å²) >= 11 is 0. The summed E-state index contributed by atoms with van der Waals surface area (Å²) in [5.41, 5.74) is 0. The van der Waals surface area contributed by atoms with Crippen LogP contribution < -0.4 is 0 Å². The summed E-state index contributed by atoms with van der Waals surface area (Å²) < 4.78 is 27.1. The highest BCUT2D eigenvalue weighted by Crippen LogP contribution is 2.59. The minimum atomic E-state index is -0.651. The maximum atomic E-state index is 12.8. The maximum absolute atomic E-state index is 12.8. The lowest BCUT2D eigenvalue weighted by Gasteiger charge is -2.32. The van der Waals surface area contributed by atoms with Gasteiger partial charge in [0.1, 0.15) is 12.2 Å². The Labute approximate surface area is 163 Å². The van der Waals surface area contributed by atoms with Crippen molar-refractivity contribution in [3.8, 4) is 0 Å². The zero-order valence-electron chi connectivity index (χ0n) is 16.2. The zero-order chi connectivity index (χ0) is 19.8. The fourth-order valence-electron chi connectivity index (χ4n) is 5.11. The van der Waals surface area contributed by atoms with E-state index in [2.05, 4.69) is 0 Å². The third-order valence-corrected chi connectivity index (χ3v) is 6.39. The van der Waals surface area contributed by atoms with Crippen LogP contribution in [0, 0.1) is 23.7 Å². The van der Waals surface area contributed by atoms with Gasteiger partial charge in [-0.3, -0.25) is 19.3 Å². The molecule has 4 rings (SSSR count). The van der Waals surface area contributed by atoms with E-state index in [1.54, 1.807) is 0 Å². The molecule has 7 atom stereocenters. The molecule has 2 aliphatic carbocycles. The van der Waals surface area contributed by atoms with Gasteiger partial charge in [-0.25, -0.2) is 0 Å². The van der Waals surface area contributed by atoms with Gasteiger partial charge in [0.2, 0.25) is 6.29 Å². The van der Waals surface area contributed by atoms with Gasteiger partial charge in [-0.05, 0) is 6.42 Å². The quantitative estimate of drug-likeness (QED) is 0.333. The van der Waals surface area contributed by atoms with Gasteiger partial charge < -0.3 is 23.7 Å². The number of morpholine rings is 1. The molecule has 156 valence electrons. The molecule has 28 heavy (non-hydrogen) atoms. The Kier molecular flexibility index (Phi) is 5.57. The minimum absolute atomic E-state index is 0.0983. The number of esters is 3. The van der Waals surface area contributed by atoms with Crippen molar-refractivity contribution in [3.05, 3.63) is 0 Å². The molecule has 9 nitrogen and oxygen atoms in total. The monoisotopic (exact) mass is 397 g/mol. The number of rotatable bonds is 7. The van der Waals surface area contributed by atoms with Gasteiger partial charge in [0.25, 0.3) is 0 Å². The van der Waals surface area contributed by atoms with E-state index < -0.39 is 42.3 Å². The van der Waals surface area contributed by atoms with Gasteiger partial charge in [-0.15, -0.1) is 0 Å². The van der Waals surface area contributed by atoms with Crippen molar-refractivity contribution in [2.24, 2.45) is 23.7 Å². The Morgan fingerprint density at radius 3 is 2.68 bits per heavy atom. The van der Waals surface area contributed by atoms with Gasteiger partial charge in [-0.2, -0.15) is 0 Å². The van der Waals surface area contributed by atoms with Gasteiger partial charge in [0, 0.05) is 38.5 Å². The number of carbonyl (C=O) groups is 3. The number of methoxy groups -OCH3 is 1. The van der Waals surface area contributed by atoms with Crippen molar-refractivity contribution in [1.29, 1.82) is 0 Å². The molecular weight excluding hydrogens is 370 g/mol. The van der Waals surface area contributed by atoms with E-state index in [0.717, 1.165) is 0 Å². The Bertz CT molecular complexity index is 629. The highest BCUT2D eigenvalue weighted by molar-refractivity contribution is 5.86. The SMILES string of the molecule is CCC(OC)OC(=O)C1C2CC3C(OC(=O)C31)C2OC(=O)CN1CCOCC1. The predicted octanol–water partition coefficient (Wildman–Crippen LogP) is -0.0364. The molecule has 0 amide bonds. The minimum Gasteiger partial charge on any atom is -0.458 e. The first-order valence-electron chi connectivity index (χ1n) is 9.96. The molecule has 4 fully saturated rings. The van der Waals surface area contributed by atoms with Crippen LogP contribution in [0.1, 0.15) is 19.8 Å². The van der Waals surface area contributed by atoms with E-state index in [-0.39, 0.29) is 24.3 Å². The first-order chi connectivity index (χ1) is 13.5.